The van der Waals surface area contributed by atoms with E-state index in [9.17, 15) is 9.59 Å². The Kier molecular flexibility index (Phi) is 5.00. The summed E-state index contributed by atoms with van der Waals surface area (Å²) < 4.78 is 5.41. The molecule has 1 aliphatic heterocycles. The van der Waals surface area contributed by atoms with Crippen molar-refractivity contribution in [3.63, 3.8) is 0 Å². The number of aromatic nitrogens is 2. The lowest BCUT2D eigenvalue weighted by atomic mass is 10.2. The minimum absolute atomic E-state index is 0.0965. The molecule has 1 aromatic heterocycles. The van der Waals surface area contributed by atoms with Crippen molar-refractivity contribution >= 4 is 23.4 Å². The van der Waals surface area contributed by atoms with E-state index < -0.39 is 11.7 Å². The van der Waals surface area contributed by atoms with Gasteiger partial charge in [0, 0.05) is 19.5 Å². The number of carbonyl (C=O) groups excluding carboxylic acids is 1. The predicted octanol–water partition coefficient (Wildman–Crippen LogP) is 1.93. The second-order valence-corrected chi connectivity index (χ2v) is 5.88. The third-order valence-corrected chi connectivity index (χ3v) is 4.18. The van der Waals surface area contributed by atoms with Crippen LogP contribution < -0.4 is 15.8 Å². The number of rotatable bonds is 4. The zero-order chi connectivity index (χ0) is 16.9. The number of alkyl carbamates (subject to hydrolysis) is 1. The van der Waals surface area contributed by atoms with Crippen molar-refractivity contribution in [2.75, 3.05) is 18.0 Å². The van der Waals surface area contributed by atoms with Crippen LogP contribution in [0.1, 0.15) is 12.0 Å². The fourth-order valence-electron chi connectivity index (χ4n) is 2.60. The normalized spacial score (nSPS) is 16.9. The number of H-pyrrole nitrogens is 1. The maximum Gasteiger partial charge on any atom is 0.407 e. The molecule has 0 aliphatic carbocycles. The molecule has 1 saturated heterocycles. The van der Waals surface area contributed by atoms with E-state index in [0.717, 1.165) is 5.56 Å². The van der Waals surface area contributed by atoms with Crippen LogP contribution in [0.2, 0.25) is 5.02 Å². The number of carbonyl (C=O) groups is 1. The first-order chi connectivity index (χ1) is 11.6. The van der Waals surface area contributed by atoms with Crippen LogP contribution in [0.5, 0.6) is 0 Å². The molecule has 8 heteroatoms. The summed E-state index contributed by atoms with van der Waals surface area (Å²) in [5.74, 6) is 0. The molecule has 1 aromatic carbocycles. The number of halogens is 1. The predicted molar refractivity (Wildman–Crippen MR) is 90.2 cm³/mol. The standard InChI is InChI=1S/C16H17ClN4O3/c17-14-13(9-19-20-15(14)22)21-7-6-12(10-21)24-16(23)18-8-11-4-2-1-3-5-11/h1-5,9,12H,6-8,10H2,(H,18,23)(H,20,22)/t12-/m1/s1. The number of hydrogen-bond donors (Lipinski definition) is 2. The lowest BCUT2D eigenvalue weighted by Crippen LogP contribution is -2.31. The summed E-state index contributed by atoms with van der Waals surface area (Å²) in [4.78, 5) is 25.3. The van der Waals surface area contributed by atoms with Crippen LogP contribution in [-0.2, 0) is 11.3 Å². The van der Waals surface area contributed by atoms with Gasteiger partial charge in [-0.15, -0.1) is 0 Å². The summed E-state index contributed by atoms with van der Waals surface area (Å²) in [6, 6.07) is 9.61. The van der Waals surface area contributed by atoms with E-state index in [1.807, 2.05) is 35.2 Å². The van der Waals surface area contributed by atoms with Crippen molar-refractivity contribution in [1.82, 2.24) is 15.5 Å². The summed E-state index contributed by atoms with van der Waals surface area (Å²) in [6.45, 7) is 1.53. The van der Waals surface area contributed by atoms with E-state index in [1.165, 1.54) is 6.20 Å². The van der Waals surface area contributed by atoms with E-state index in [2.05, 4.69) is 15.5 Å². The number of aromatic amines is 1. The molecule has 3 rings (SSSR count). The van der Waals surface area contributed by atoms with E-state index >= 15 is 0 Å². The minimum atomic E-state index is -0.458. The Morgan fingerprint density at radius 2 is 2.21 bits per heavy atom. The number of nitrogens with one attached hydrogen (secondary N) is 2. The first-order valence-electron chi connectivity index (χ1n) is 7.60. The molecule has 1 amide bonds. The topological polar surface area (TPSA) is 87.3 Å². The first kappa shape index (κ1) is 16.3. The molecule has 1 fully saturated rings. The number of benzene rings is 1. The molecule has 0 bridgehead atoms. The first-order valence-corrected chi connectivity index (χ1v) is 7.98. The number of hydrogen-bond acceptors (Lipinski definition) is 5. The van der Waals surface area contributed by atoms with Crippen molar-refractivity contribution in [2.24, 2.45) is 0 Å². The zero-order valence-corrected chi connectivity index (χ0v) is 13.6. The van der Waals surface area contributed by atoms with Crippen LogP contribution in [0.25, 0.3) is 0 Å². The highest BCUT2D eigenvalue weighted by Gasteiger charge is 2.27. The van der Waals surface area contributed by atoms with Gasteiger partial charge in [0.1, 0.15) is 11.1 Å². The van der Waals surface area contributed by atoms with Gasteiger partial charge in [0.15, 0.2) is 0 Å². The van der Waals surface area contributed by atoms with Gasteiger partial charge in [0.25, 0.3) is 5.56 Å². The summed E-state index contributed by atoms with van der Waals surface area (Å²) in [5.41, 5.74) is 1.12. The molecule has 0 spiro atoms. The van der Waals surface area contributed by atoms with Crippen molar-refractivity contribution in [3.8, 4) is 0 Å². The van der Waals surface area contributed by atoms with Crippen molar-refractivity contribution in [3.05, 3.63) is 57.5 Å². The van der Waals surface area contributed by atoms with Crippen molar-refractivity contribution in [2.45, 2.75) is 19.1 Å². The van der Waals surface area contributed by atoms with Gasteiger partial charge in [-0.05, 0) is 5.56 Å². The number of nitrogens with zero attached hydrogens (tertiary/aromatic N) is 2. The molecule has 0 saturated carbocycles. The van der Waals surface area contributed by atoms with Gasteiger partial charge in [0.2, 0.25) is 0 Å². The highest BCUT2D eigenvalue weighted by molar-refractivity contribution is 6.33. The van der Waals surface area contributed by atoms with Crippen LogP contribution in [0.15, 0.2) is 41.3 Å². The maximum atomic E-state index is 11.9. The van der Waals surface area contributed by atoms with Gasteiger partial charge in [-0.25, -0.2) is 9.89 Å². The summed E-state index contributed by atoms with van der Waals surface area (Å²) in [7, 11) is 0. The molecule has 126 valence electrons. The SMILES string of the molecule is O=C(NCc1ccccc1)O[C@@H]1CCN(c2cn[nH]c(=O)c2Cl)C1. The monoisotopic (exact) mass is 348 g/mol. The Labute approximate surface area is 143 Å². The molecule has 2 N–H and O–H groups in total. The van der Waals surface area contributed by atoms with Crippen LogP contribution in [0.4, 0.5) is 10.5 Å². The Balaban J connectivity index is 1.51. The van der Waals surface area contributed by atoms with E-state index in [4.69, 9.17) is 16.3 Å². The van der Waals surface area contributed by atoms with Gasteiger partial charge >= 0.3 is 6.09 Å². The Morgan fingerprint density at radius 3 is 3.00 bits per heavy atom. The van der Waals surface area contributed by atoms with E-state index in [-0.39, 0.29) is 11.1 Å². The average molecular weight is 349 g/mol. The second-order valence-electron chi connectivity index (χ2n) is 5.50. The van der Waals surface area contributed by atoms with Gasteiger partial charge in [-0.3, -0.25) is 4.79 Å². The maximum absolute atomic E-state index is 11.9. The van der Waals surface area contributed by atoms with Crippen molar-refractivity contribution < 1.29 is 9.53 Å². The summed E-state index contributed by atoms with van der Waals surface area (Å²) >= 11 is 6.00. The highest BCUT2D eigenvalue weighted by atomic mass is 35.5. The summed E-state index contributed by atoms with van der Waals surface area (Å²) in [6.07, 6.45) is 1.46. The Morgan fingerprint density at radius 1 is 1.42 bits per heavy atom. The van der Waals surface area contributed by atoms with Crippen LogP contribution >= 0.6 is 11.6 Å². The van der Waals surface area contributed by atoms with Crippen LogP contribution in [-0.4, -0.2) is 35.5 Å². The number of ether oxygens (including phenoxy) is 1. The number of anilines is 1. The zero-order valence-electron chi connectivity index (χ0n) is 12.9. The molecule has 0 radical (unpaired) electrons. The Bertz CT molecular complexity index is 765. The molecular weight excluding hydrogens is 332 g/mol. The van der Waals surface area contributed by atoms with Crippen LogP contribution in [0.3, 0.4) is 0 Å². The molecule has 7 nitrogen and oxygen atoms in total. The summed E-state index contributed by atoms with van der Waals surface area (Å²) in [5, 5.41) is 8.86. The fraction of sp³-hybridized carbons (Fsp3) is 0.312. The molecule has 1 aliphatic rings. The molecule has 24 heavy (non-hydrogen) atoms. The number of amides is 1. The van der Waals surface area contributed by atoms with Gasteiger partial charge < -0.3 is 15.0 Å². The molecular formula is C16H17ClN4O3. The molecule has 2 aromatic rings. The third kappa shape index (κ3) is 3.86. The van der Waals surface area contributed by atoms with E-state index in [1.54, 1.807) is 0 Å². The largest absolute Gasteiger partial charge is 0.444 e. The second kappa shape index (κ2) is 7.35. The van der Waals surface area contributed by atoms with Crippen molar-refractivity contribution in [1.29, 1.82) is 0 Å². The highest BCUT2D eigenvalue weighted by Crippen LogP contribution is 2.25. The Hall–Kier alpha value is -2.54. The lowest BCUT2D eigenvalue weighted by molar-refractivity contribution is 0.108. The molecule has 0 unspecified atom stereocenters. The quantitative estimate of drug-likeness (QED) is 0.881. The van der Waals surface area contributed by atoms with Gasteiger partial charge in [-0.1, -0.05) is 41.9 Å². The smallest absolute Gasteiger partial charge is 0.407 e. The van der Waals surface area contributed by atoms with Gasteiger partial charge in [-0.2, -0.15) is 5.10 Å². The molecule has 1 atom stereocenters. The molecule has 2 heterocycles. The fourth-order valence-corrected chi connectivity index (χ4v) is 2.81. The average Bonchev–Trinajstić information content (AvgIpc) is 3.04. The van der Waals surface area contributed by atoms with E-state index in [0.29, 0.717) is 31.7 Å². The van der Waals surface area contributed by atoms with Crippen LogP contribution in [0, 0.1) is 0 Å². The minimum Gasteiger partial charge on any atom is -0.444 e. The third-order valence-electron chi connectivity index (χ3n) is 3.82. The lowest BCUT2D eigenvalue weighted by Gasteiger charge is -2.18. The van der Waals surface area contributed by atoms with Gasteiger partial charge in [0.05, 0.1) is 18.4 Å².